The largest absolute Gasteiger partial charge is 0.456 e. The summed E-state index contributed by atoms with van der Waals surface area (Å²) in [4.78, 5) is 0. The van der Waals surface area contributed by atoms with Crippen molar-refractivity contribution in [3.8, 4) is 34.1 Å². The van der Waals surface area contributed by atoms with Gasteiger partial charge in [-0.25, -0.2) is 0 Å². The summed E-state index contributed by atoms with van der Waals surface area (Å²) < 4.78 is 13.7. The van der Waals surface area contributed by atoms with Crippen molar-refractivity contribution in [3.63, 3.8) is 0 Å². The molecule has 8 aromatic rings. The molecule has 2 nitrogen and oxygen atoms in total. The Kier molecular flexibility index (Phi) is 4.72. The molecule has 2 aliphatic rings. The molecule has 0 radical (unpaired) electrons. The predicted octanol–water partition coefficient (Wildman–Crippen LogP) is 9.94. The highest BCUT2D eigenvalue weighted by atomic mass is 31.1. The zero-order valence-electron chi connectivity index (χ0n) is 23.0. The zero-order valence-corrected chi connectivity index (χ0v) is 23.9. The zero-order chi connectivity index (χ0) is 28.1. The molecule has 0 spiro atoms. The Morgan fingerprint density at radius 3 is 1.44 bits per heavy atom. The number of rotatable bonds is 1. The lowest BCUT2D eigenvalue weighted by molar-refractivity contribution is 0.467. The van der Waals surface area contributed by atoms with Gasteiger partial charge in [0.1, 0.15) is 23.0 Å². The van der Waals surface area contributed by atoms with E-state index in [0.29, 0.717) is 0 Å². The van der Waals surface area contributed by atoms with Gasteiger partial charge in [-0.2, -0.15) is 0 Å². The third-order valence-corrected chi connectivity index (χ3v) is 11.7. The monoisotopic (exact) mass is 566 g/mol. The molecule has 0 N–H and O–H groups in total. The van der Waals surface area contributed by atoms with Crippen molar-refractivity contribution in [3.05, 3.63) is 140 Å². The molecule has 200 valence electrons. The van der Waals surface area contributed by atoms with Gasteiger partial charge >= 0.3 is 0 Å². The number of hydrogen-bond acceptors (Lipinski definition) is 2. The molecule has 0 atom stereocenters. The van der Waals surface area contributed by atoms with E-state index in [-0.39, 0.29) is 0 Å². The molecule has 2 heterocycles. The Morgan fingerprint density at radius 1 is 0.349 bits per heavy atom. The lowest BCUT2D eigenvalue weighted by Crippen LogP contribution is -2.32. The average Bonchev–Trinajstić information content (AvgIpc) is 3.07. The van der Waals surface area contributed by atoms with Gasteiger partial charge in [0.2, 0.25) is 0 Å². The first-order valence-corrected chi connectivity index (χ1v) is 15.9. The molecule has 0 bridgehead atoms. The van der Waals surface area contributed by atoms with Gasteiger partial charge < -0.3 is 9.47 Å². The quantitative estimate of drug-likeness (QED) is 0.145. The summed E-state index contributed by atoms with van der Waals surface area (Å²) in [5, 5.41) is 13.6. The standard InChI is InChI=1S/C40H23O2P/c1-5-13-29-24(9-1)17-19-34-38(29)43-39-30-14-6-2-10-25(30)18-20-35(39)42-37-23-27(22-36(41-34)40(37)43)33-21-26-11-3-4-12-28(26)31-15-7-8-16-32(31)33/h1-23H. The molecule has 2 aliphatic heterocycles. The Morgan fingerprint density at radius 2 is 0.837 bits per heavy atom. The van der Waals surface area contributed by atoms with Gasteiger partial charge in [0.25, 0.3) is 0 Å². The van der Waals surface area contributed by atoms with Gasteiger partial charge in [-0.05, 0) is 84.5 Å². The lowest BCUT2D eigenvalue weighted by atomic mass is 9.93. The third-order valence-electron chi connectivity index (χ3n) is 8.96. The summed E-state index contributed by atoms with van der Waals surface area (Å²) in [5.74, 6) is 3.64. The molecule has 0 fully saturated rings. The second kappa shape index (κ2) is 8.67. The van der Waals surface area contributed by atoms with Crippen LogP contribution in [0.3, 0.4) is 0 Å². The van der Waals surface area contributed by atoms with Crippen molar-refractivity contribution in [2.24, 2.45) is 0 Å². The van der Waals surface area contributed by atoms with Crippen molar-refractivity contribution in [2.45, 2.75) is 0 Å². The average molecular weight is 567 g/mol. The molecule has 43 heavy (non-hydrogen) atoms. The lowest BCUT2D eigenvalue weighted by Gasteiger charge is -2.36. The van der Waals surface area contributed by atoms with Crippen LogP contribution in [-0.4, -0.2) is 0 Å². The smallest absolute Gasteiger partial charge is 0.140 e. The maximum Gasteiger partial charge on any atom is 0.140 e. The van der Waals surface area contributed by atoms with Crippen LogP contribution >= 0.6 is 7.92 Å². The highest BCUT2D eigenvalue weighted by Crippen LogP contribution is 2.56. The molecule has 8 aromatic carbocycles. The summed E-state index contributed by atoms with van der Waals surface area (Å²) >= 11 is 0. The van der Waals surface area contributed by atoms with Crippen LogP contribution in [0.4, 0.5) is 0 Å². The minimum Gasteiger partial charge on any atom is -0.456 e. The van der Waals surface area contributed by atoms with Gasteiger partial charge in [-0.1, -0.05) is 109 Å². The van der Waals surface area contributed by atoms with Crippen LogP contribution in [0, 0.1) is 0 Å². The minimum absolute atomic E-state index is 0.886. The molecule has 3 heteroatoms. The summed E-state index contributed by atoms with van der Waals surface area (Å²) in [6, 6.07) is 50.1. The number of fused-ring (bicyclic) bond motifs is 11. The number of ether oxygens (including phenoxy) is 2. The molecule has 0 amide bonds. The van der Waals surface area contributed by atoms with Crippen LogP contribution in [-0.2, 0) is 0 Å². The summed E-state index contributed by atoms with van der Waals surface area (Å²) in [5.41, 5.74) is 2.28. The molecule has 0 aliphatic carbocycles. The van der Waals surface area contributed by atoms with E-state index in [9.17, 15) is 0 Å². The number of benzene rings is 8. The maximum absolute atomic E-state index is 6.86. The van der Waals surface area contributed by atoms with Crippen molar-refractivity contribution in [1.29, 1.82) is 0 Å². The van der Waals surface area contributed by atoms with Crippen molar-refractivity contribution >= 4 is 66.9 Å². The Hall–Kier alpha value is -5.17. The highest BCUT2D eigenvalue weighted by molar-refractivity contribution is 7.81. The van der Waals surface area contributed by atoms with Crippen LogP contribution < -0.4 is 25.4 Å². The van der Waals surface area contributed by atoms with Gasteiger partial charge in [0, 0.05) is 18.5 Å². The molecule has 0 saturated heterocycles. The summed E-state index contributed by atoms with van der Waals surface area (Å²) in [6.45, 7) is 0. The fourth-order valence-electron chi connectivity index (χ4n) is 7.08. The minimum atomic E-state index is -0.945. The van der Waals surface area contributed by atoms with Crippen molar-refractivity contribution < 1.29 is 9.47 Å². The molecular formula is C40H23O2P. The van der Waals surface area contributed by atoms with E-state index in [2.05, 4.69) is 140 Å². The number of hydrogen-bond donors (Lipinski definition) is 0. The second-order valence-electron chi connectivity index (χ2n) is 11.3. The van der Waals surface area contributed by atoms with E-state index < -0.39 is 7.92 Å². The molecule has 0 aromatic heterocycles. The van der Waals surface area contributed by atoms with E-state index in [1.165, 1.54) is 59.3 Å². The first-order valence-electron chi connectivity index (χ1n) is 14.6. The van der Waals surface area contributed by atoms with Crippen LogP contribution in [0.15, 0.2) is 140 Å². The summed E-state index contributed by atoms with van der Waals surface area (Å²) in [6.07, 6.45) is 0. The predicted molar refractivity (Wildman–Crippen MR) is 181 cm³/mol. The van der Waals surface area contributed by atoms with Crippen molar-refractivity contribution in [1.82, 2.24) is 0 Å². The maximum atomic E-state index is 6.86. The SMILES string of the molecule is c1ccc2c3c(ccc2c1)Oc1cc(-c2cc4ccccc4c4ccccc24)cc2c1P3c1c(ccc3ccccc13)O2. The Balaban J connectivity index is 1.30. The second-order valence-corrected chi connectivity index (χ2v) is 13.3. The first-order chi connectivity index (χ1) is 21.3. The van der Waals surface area contributed by atoms with E-state index in [1.807, 2.05) is 0 Å². The third kappa shape index (κ3) is 3.27. The van der Waals surface area contributed by atoms with Crippen molar-refractivity contribution in [2.75, 3.05) is 0 Å². The van der Waals surface area contributed by atoms with Crippen LogP contribution in [0.5, 0.6) is 23.0 Å². The van der Waals surface area contributed by atoms with Gasteiger partial charge in [-0.15, -0.1) is 0 Å². The Labute approximate surface area is 249 Å². The van der Waals surface area contributed by atoms with E-state index in [0.717, 1.165) is 33.9 Å². The van der Waals surface area contributed by atoms with Crippen LogP contribution in [0.2, 0.25) is 0 Å². The van der Waals surface area contributed by atoms with Crippen LogP contribution in [0.1, 0.15) is 0 Å². The summed E-state index contributed by atoms with van der Waals surface area (Å²) in [7, 11) is -0.945. The fourth-order valence-corrected chi connectivity index (χ4v) is 9.98. The molecular weight excluding hydrogens is 543 g/mol. The van der Waals surface area contributed by atoms with E-state index >= 15 is 0 Å². The van der Waals surface area contributed by atoms with Gasteiger partial charge in [0.05, 0.1) is 5.30 Å². The fraction of sp³-hybridized carbons (Fsp3) is 0. The molecule has 0 unspecified atom stereocenters. The van der Waals surface area contributed by atoms with Crippen LogP contribution in [0.25, 0.3) is 54.2 Å². The van der Waals surface area contributed by atoms with E-state index in [4.69, 9.17) is 9.47 Å². The van der Waals surface area contributed by atoms with Gasteiger partial charge in [0.15, 0.2) is 0 Å². The topological polar surface area (TPSA) is 18.5 Å². The van der Waals surface area contributed by atoms with E-state index in [1.54, 1.807) is 0 Å². The highest BCUT2D eigenvalue weighted by Gasteiger charge is 2.39. The molecule has 0 saturated carbocycles. The van der Waals surface area contributed by atoms with Gasteiger partial charge in [-0.3, -0.25) is 0 Å². The normalized spacial score (nSPS) is 13.4. The molecule has 10 rings (SSSR count). The first kappa shape index (κ1) is 23.4. The Bertz CT molecular complexity index is 2370.